The molecule has 1 aromatic heterocycles. The lowest BCUT2D eigenvalue weighted by Gasteiger charge is -2.12. The van der Waals surface area contributed by atoms with E-state index in [2.05, 4.69) is 20.8 Å². The largest absolute Gasteiger partial charge is 0.354 e. The first kappa shape index (κ1) is 14.2. The number of nitrogens with zero attached hydrogens (tertiary/aromatic N) is 1. The van der Waals surface area contributed by atoms with Crippen LogP contribution in [0.1, 0.15) is 31.5 Å². The Morgan fingerprint density at radius 2 is 2.22 bits per heavy atom. The summed E-state index contributed by atoms with van der Waals surface area (Å²) in [6, 6.07) is -0.488. The standard InChI is InChI=1S/C12H20N4O2/c1-8-11(7-14-16-8)5-4-6-13-12(18)9(2)15-10(3)17/h7,9H,4-6H2,1-3H3,(H,13,18)(H,14,16)(H,15,17). The molecule has 1 heterocycles. The number of carbonyl (C=O) groups excluding carboxylic acids is 2. The predicted octanol–water partition coefficient (Wildman–Crippen LogP) is 0.292. The van der Waals surface area contributed by atoms with E-state index in [0.29, 0.717) is 6.54 Å². The molecule has 0 spiro atoms. The van der Waals surface area contributed by atoms with E-state index >= 15 is 0 Å². The molecule has 3 N–H and O–H groups in total. The van der Waals surface area contributed by atoms with Gasteiger partial charge in [-0.25, -0.2) is 0 Å². The molecule has 2 amide bonds. The topological polar surface area (TPSA) is 86.9 Å². The fourth-order valence-electron chi connectivity index (χ4n) is 1.64. The van der Waals surface area contributed by atoms with Crippen LogP contribution in [0.15, 0.2) is 6.20 Å². The second-order valence-corrected chi connectivity index (χ2v) is 4.34. The Hall–Kier alpha value is -1.85. The maximum Gasteiger partial charge on any atom is 0.242 e. The highest BCUT2D eigenvalue weighted by Gasteiger charge is 2.12. The molecule has 0 aliphatic rings. The molecular weight excluding hydrogens is 232 g/mol. The Morgan fingerprint density at radius 3 is 2.78 bits per heavy atom. The van der Waals surface area contributed by atoms with Gasteiger partial charge in [-0.05, 0) is 32.3 Å². The number of rotatable bonds is 6. The quantitative estimate of drug-likeness (QED) is 0.636. The minimum absolute atomic E-state index is 0.158. The second-order valence-electron chi connectivity index (χ2n) is 4.34. The van der Waals surface area contributed by atoms with E-state index in [4.69, 9.17) is 0 Å². The number of aryl methyl sites for hydroxylation is 2. The number of amides is 2. The van der Waals surface area contributed by atoms with E-state index in [1.807, 2.05) is 6.92 Å². The lowest BCUT2D eigenvalue weighted by Crippen LogP contribution is -2.44. The van der Waals surface area contributed by atoms with Crippen LogP contribution in [-0.2, 0) is 16.0 Å². The van der Waals surface area contributed by atoms with Crippen LogP contribution in [0.5, 0.6) is 0 Å². The summed E-state index contributed by atoms with van der Waals surface area (Å²) >= 11 is 0. The van der Waals surface area contributed by atoms with Gasteiger partial charge in [-0.15, -0.1) is 0 Å². The van der Waals surface area contributed by atoms with Gasteiger partial charge in [0.1, 0.15) is 6.04 Å². The number of hydrogen-bond donors (Lipinski definition) is 3. The number of aromatic nitrogens is 2. The van der Waals surface area contributed by atoms with Gasteiger partial charge in [-0.2, -0.15) is 5.10 Å². The van der Waals surface area contributed by atoms with Crippen molar-refractivity contribution < 1.29 is 9.59 Å². The van der Waals surface area contributed by atoms with Crippen LogP contribution in [0.2, 0.25) is 0 Å². The van der Waals surface area contributed by atoms with Crippen molar-refractivity contribution >= 4 is 11.8 Å². The third-order valence-electron chi connectivity index (χ3n) is 2.67. The summed E-state index contributed by atoms with van der Waals surface area (Å²) in [6.45, 7) is 5.62. The zero-order valence-electron chi connectivity index (χ0n) is 11.0. The first-order valence-electron chi connectivity index (χ1n) is 6.04. The van der Waals surface area contributed by atoms with E-state index in [9.17, 15) is 9.59 Å². The molecular formula is C12H20N4O2. The molecule has 1 unspecified atom stereocenters. The highest BCUT2D eigenvalue weighted by Crippen LogP contribution is 2.04. The fraction of sp³-hybridized carbons (Fsp3) is 0.583. The molecule has 0 saturated carbocycles. The molecule has 0 fully saturated rings. The van der Waals surface area contributed by atoms with E-state index in [1.165, 1.54) is 12.5 Å². The molecule has 1 rings (SSSR count). The summed E-state index contributed by atoms with van der Waals surface area (Å²) in [7, 11) is 0. The summed E-state index contributed by atoms with van der Waals surface area (Å²) in [5.41, 5.74) is 2.23. The van der Waals surface area contributed by atoms with Gasteiger partial charge in [0.2, 0.25) is 11.8 Å². The average molecular weight is 252 g/mol. The van der Waals surface area contributed by atoms with Crippen molar-refractivity contribution in [2.24, 2.45) is 0 Å². The van der Waals surface area contributed by atoms with Crippen molar-refractivity contribution in [2.45, 2.75) is 39.7 Å². The normalized spacial score (nSPS) is 11.9. The van der Waals surface area contributed by atoms with Crippen molar-refractivity contribution in [3.05, 3.63) is 17.5 Å². The number of H-pyrrole nitrogens is 1. The zero-order chi connectivity index (χ0) is 13.5. The van der Waals surface area contributed by atoms with Gasteiger partial charge < -0.3 is 10.6 Å². The first-order valence-corrected chi connectivity index (χ1v) is 6.04. The van der Waals surface area contributed by atoms with Crippen LogP contribution in [0.4, 0.5) is 0 Å². The molecule has 0 radical (unpaired) electrons. The molecule has 0 aromatic carbocycles. The number of carbonyl (C=O) groups is 2. The SMILES string of the molecule is CC(=O)NC(C)C(=O)NCCCc1cn[nH]c1C. The third-order valence-corrected chi connectivity index (χ3v) is 2.67. The summed E-state index contributed by atoms with van der Waals surface area (Å²) < 4.78 is 0. The molecule has 0 aliphatic heterocycles. The first-order chi connectivity index (χ1) is 8.50. The number of nitrogens with one attached hydrogen (secondary N) is 3. The molecule has 6 heteroatoms. The van der Waals surface area contributed by atoms with Crippen molar-refractivity contribution in [1.29, 1.82) is 0 Å². The lowest BCUT2D eigenvalue weighted by atomic mass is 10.1. The summed E-state index contributed by atoms with van der Waals surface area (Å²) in [5, 5.41) is 12.1. The van der Waals surface area contributed by atoms with Crippen molar-refractivity contribution in [3.8, 4) is 0 Å². The van der Waals surface area contributed by atoms with Gasteiger partial charge in [0.05, 0.1) is 6.20 Å². The predicted molar refractivity (Wildman–Crippen MR) is 67.9 cm³/mol. The molecule has 100 valence electrons. The Labute approximate surface area is 107 Å². The zero-order valence-corrected chi connectivity index (χ0v) is 11.0. The highest BCUT2D eigenvalue weighted by atomic mass is 16.2. The van der Waals surface area contributed by atoms with Gasteiger partial charge in [0, 0.05) is 19.2 Å². The minimum Gasteiger partial charge on any atom is -0.354 e. The Balaban J connectivity index is 2.20. The number of aromatic amines is 1. The molecule has 1 aromatic rings. The molecule has 0 aliphatic carbocycles. The van der Waals surface area contributed by atoms with Crippen molar-refractivity contribution in [3.63, 3.8) is 0 Å². The highest BCUT2D eigenvalue weighted by molar-refractivity contribution is 5.86. The maximum atomic E-state index is 11.6. The summed E-state index contributed by atoms with van der Waals surface area (Å²) in [6.07, 6.45) is 3.52. The molecule has 1 atom stereocenters. The number of hydrogen-bond acceptors (Lipinski definition) is 3. The van der Waals surface area contributed by atoms with E-state index in [0.717, 1.165) is 18.5 Å². The van der Waals surface area contributed by atoms with Gasteiger partial charge in [-0.1, -0.05) is 0 Å². The lowest BCUT2D eigenvalue weighted by molar-refractivity contribution is -0.127. The van der Waals surface area contributed by atoms with Crippen LogP contribution < -0.4 is 10.6 Å². The van der Waals surface area contributed by atoms with Crippen molar-refractivity contribution in [1.82, 2.24) is 20.8 Å². The molecule has 0 saturated heterocycles. The van der Waals surface area contributed by atoms with E-state index in [-0.39, 0.29) is 11.8 Å². The molecule has 0 bridgehead atoms. The Morgan fingerprint density at radius 1 is 1.50 bits per heavy atom. The monoisotopic (exact) mass is 252 g/mol. The van der Waals surface area contributed by atoms with Crippen LogP contribution >= 0.6 is 0 Å². The Kier molecular flexibility index (Phi) is 5.35. The molecule has 6 nitrogen and oxygen atoms in total. The van der Waals surface area contributed by atoms with Gasteiger partial charge >= 0.3 is 0 Å². The van der Waals surface area contributed by atoms with E-state index in [1.54, 1.807) is 13.1 Å². The summed E-state index contributed by atoms with van der Waals surface area (Å²) in [4.78, 5) is 22.3. The van der Waals surface area contributed by atoms with E-state index < -0.39 is 6.04 Å². The van der Waals surface area contributed by atoms with Gasteiger partial charge in [-0.3, -0.25) is 14.7 Å². The molecule has 18 heavy (non-hydrogen) atoms. The van der Waals surface area contributed by atoms with Gasteiger partial charge in [0.15, 0.2) is 0 Å². The Bertz CT molecular complexity index is 414. The third kappa shape index (κ3) is 4.57. The average Bonchev–Trinajstić information content (AvgIpc) is 2.69. The second kappa shape index (κ2) is 6.78. The van der Waals surface area contributed by atoms with Crippen LogP contribution in [0.25, 0.3) is 0 Å². The maximum absolute atomic E-state index is 11.6. The fourth-order valence-corrected chi connectivity index (χ4v) is 1.64. The van der Waals surface area contributed by atoms with Crippen molar-refractivity contribution in [2.75, 3.05) is 6.54 Å². The van der Waals surface area contributed by atoms with Crippen LogP contribution in [0.3, 0.4) is 0 Å². The van der Waals surface area contributed by atoms with Crippen LogP contribution in [0, 0.1) is 6.92 Å². The minimum atomic E-state index is -0.488. The summed E-state index contributed by atoms with van der Waals surface area (Å²) in [5.74, 6) is -0.360. The van der Waals surface area contributed by atoms with Gasteiger partial charge in [0.25, 0.3) is 0 Å². The smallest absolute Gasteiger partial charge is 0.242 e. The van der Waals surface area contributed by atoms with Crippen LogP contribution in [-0.4, -0.2) is 34.6 Å².